The van der Waals surface area contributed by atoms with Crippen molar-refractivity contribution in [3.8, 4) is 0 Å². The molecule has 0 rings (SSSR count). The Morgan fingerprint density at radius 1 is 1.00 bits per heavy atom. The molecule has 7 nitrogen and oxygen atoms in total. The highest BCUT2D eigenvalue weighted by Crippen LogP contribution is 2.58. The molecule has 0 saturated carbocycles. The van der Waals surface area contributed by atoms with E-state index in [-0.39, 0.29) is 5.92 Å². The van der Waals surface area contributed by atoms with Crippen molar-refractivity contribution >= 4 is 15.6 Å². The molecule has 152 valence electrons. The predicted octanol–water partition coefficient (Wildman–Crippen LogP) is 5.27. The van der Waals surface area contributed by atoms with E-state index in [1.54, 1.807) is 6.08 Å². The molecule has 3 unspecified atom stereocenters. The summed E-state index contributed by atoms with van der Waals surface area (Å²) >= 11 is 0. The van der Waals surface area contributed by atoms with Crippen LogP contribution in [0.4, 0.5) is 0 Å². The Bertz CT molecular complexity index is 627. The molecule has 0 bridgehead atoms. The van der Waals surface area contributed by atoms with Crippen LogP contribution in [0.5, 0.6) is 0 Å². The van der Waals surface area contributed by atoms with Crippen LogP contribution in [-0.4, -0.2) is 20.8 Å². The molecule has 9 heteroatoms. The summed E-state index contributed by atoms with van der Waals surface area (Å²) in [5.74, 6) is 0.289. The smallest absolute Gasteiger partial charge is 0.302 e. The molecule has 0 radical (unpaired) electrons. The van der Waals surface area contributed by atoms with Gasteiger partial charge in [-0.15, -0.1) is 0 Å². The van der Waals surface area contributed by atoms with Crippen LogP contribution in [0.15, 0.2) is 34.9 Å². The van der Waals surface area contributed by atoms with Gasteiger partial charge in [0.1, 0.15) is 0 Å². The molecule has 3 atom stereocenters. The van der Waals surface area contributed by atoms with Gasteiger partial charge in [0.2, 0.25) is 0 Å². The quantitative estimate of drug-likeness (QED) is 0.314. The molecular weight excluding hydrogens is 378 g/mol. The lowest BCUT2D eigenvalue weighted by Gasteiger charge is -2.16. The summed E-state index contributed by atoms with van der Waals surface area (Å²) in [6.07, 6.45) is 7.98. The number of hydrogen-bond acceptors (Lipinski definition) is 4. The maximum atomic E-state index is 11.5. The van der Waals surface area contributed by atoms with Gasteiger partial charge in [0.05, 0.1) is 6.10 Å². The Balaban J connectivity index is 4.64. The van der Waals surface area contributed by atoms with Crippen LogP contribution in [0.3, 0.4) is 0 Å². The van der Waals surface area contributed by atoms with Crippen LogP contribution in [0, 0.1) is 5.92 Å². The standard InChI is InChI=1S/C17H32O7P2/c1-13(2)8-7-9-14(3)10-15(4)11-16(5)12-17(6)23-26(21,22)24-25(18,19)20/h8,10,12,15,17H,7,9,11H2,1-6H3,(H,21,22)(H2,18,19,20). The Labute approximate surface area is 156 Å². The summed E-state index contributed by atoms with van der Waals surface area (Å²) in [5.41, 5.74) is 3.55. The first-order valence-electron chi connectivity index (χ1n) is 8.46. The van der Waals surface area contributed by atoms with Gasteiger partial charge >= 0.3 is 15.6 Å². The SMILES string of the molecule is CC(C)=CCCC(C)=CC(C)CC(C)=CC(C)OP(=O)(O)OP(=O)(O)O. The zero-order valence-corrected chi connectivity index (χ0v) is 18.2. The summed E-state index contributed by atoms with van der Waals surface area (Å²) in [7, 11) is -9.93. The van der Waals surface area contributed by atoms with E-state index in [4.69, 9.17) is 14.3 Å². The third kappa shape index (κ3) is 14.6. The van der Waals surface area contributed by atoms with Crippen molar-refractivity contribution < 1.29 is 32.6 Å². The average Bonchev–Trinajstić information content (AvgIpc) is 2.32. The number of rotatable bonds is 11. The van der Waals surface area contributed by atoms with Crippen molar-refractivity contribution in [2.45, 2.75) is 66.9 Å². The van der Waals surface area contributed by atoms with Crippen molar-refractivity contribution in [3.63, 3.8) is 0 Å². The van der Waals surface area contributed by atoms with Gasteiger partial charge in [-0.25, -0.2) is 9.13 Å². The minimum Gasteiger partial charge on any atom is -0.302 e. The lowest BCUT2D eigenvalue weighted by Crippen LogP contribution is -2.05. The number of hydrogen-bond donors (Lipinski definition) is 3. The average molecular weight is 410 g/mol. The largest absolute Gasteiger partial charge is 0.481 e. The molecule has 0 aliphatic heterocycles. The van der Waals surface area contributed by atoms with Crippen molar-refractivity contribution in [1.82, 2.24) is 0 Å². The van der Waals surface area contributed by atoms with E-state index < -0.39 is 21.7 Å². The zero-order chi connectivity index (χ0) is 20.5. The second-order valence-corrected chi connectivity index (χ2v) is 9.66. The third-order valence-electron chi connectivity index (χ3n) is 3.33. The highest BCUT2D eigenvalue weighted by molar-refractivity contribution is 7.60. The van der Waals surface area contributed by atoms with Gasteiger partial charge in [0.15, 0.2) is 0 Å². The molecule has 3 N–H and O–H groups in total. The third-order valence-corrected chi connectivity index (χ3v) is 5.61. The van der Waals surface area contributed by atoms with Crippen LogP contribution in [-0.2, 0) is 18.0 Å². The van der Waals surface area contributed by atoms with E-state index >= 15 is 0 Å². The van der Waals surface area contributed by atoms with E-state index in [2.05, 4.69) is 44.2 Å². The van der Waals surface area contributed by atoms with Gasteiger partial charge in [0, 0.05) is 0 Å². The van der Waals surface area contributed by atoms with Gasteiger partial charge in [-0.1, -0.05) is 41.9 Å². The Hall–Kier alpha value is -0.520. The van der Waals surface area contributed by atoms with E-state index in [9.17, 15) is 14.0 Å². The van der Waals surface area contributed by atoms with Crippen LogP contribution >= 0.6 is 15.6 Å². The Kier molecular flexibility index (Phi) is 11.1. The fourth-order valence-electron chi connectivity index (χ4n) is 2.59. The number of allylic oxidation sites excluding steroid dienone is 5. The molecule has 0 aromatic rings. The van der Waals surface area contributed by atoms with Gasteiger partial charge in [-0.3, -0.25) is 4.52 Å². The summed E-state index contributed by atoms with van der Waals surface area (Å²) < 4.78 is 30.7. The minimum atomic E-state index is -5.10. The second kappa shape index (κ2) is 11.4. The number of phosphoric ester groups is 1. The molecule has 0 aliphatic rings. The van der Waals surface area contributed by atoms with Crippen molar-refractivity contribution in [1.29, 1.82) is 0 Å². The zero-order valence-electron chi connectivity index (χ0n) is 16.4. The molecule has 0 aliphatic carbocycles. The topological polar surface area (TPSA) is 113 Å². The summed E-state index contributed by atoms with van der Waals surface area (Å²) in [5, 5.41) is 0. The number of phosphoric acid groups is 2. The molecule has 0 amide bonds. The van der Waals surface area contributed by atoms with Crippen molar-refractivity contribution in [2.75, 3.05) is 0 Å². The fraction of sp³-hybridized carbons (Fsp3) is 0.647. The van der Waals surface area contributed by atoms with Gasteiger partial charge < -0.3 is 14.7 Å². The molecule has 0 aromatic heterocycles. The highest BCUT2D eigenvalue weighted by atomic mass is 31.3. The first-order valence-corrected chi connectivity index (χ1v) is 11.5. The van der Waals surface area contributed by atoms with Crippen LogP contribution < -0.4 is 0 Å². The normalized spacial score (nSPS) is 18.2. The van der Waals surface area contributed by atoms with E-state index in [0.717, 1.165) is 24.8 Å². The van der Waals surface area contributed by atoms with Gasteiger partial charge in [0.25, 0.3) is 0 Å². The molecule has 0 fully saturated rings. The monoisotopic (exact) mass is 410 g/mol. The molecule has 0 spiro atoms. The minimum absolute atomic E-state index is 0.289. The lowest BCUT2D eigenvalue weighted by molar-refractivity contribution is 0.158. The van der Waals surface area contributed by atoms with E-state index in [0.29, 0.717) is 0 Å². The first kappa shape index (κ1) is 25.5. The van der Waals surface area contributed by atoms with E-state index in [1.165, 1.54) is 18.1 Å². The van der Waals surface area contributed by atoms with Crippen LogP contribution in [0.1, 0.15) is 60.8 Å². The second-order valence-electron chi connectivity index (χ2n) is 6.88. The maximum Gasteiger partial charge on any atom is 0.481 e. The Morgan fingerprint density at radius 2 is 1.58 bits per heavy atom. The molecule has 26 heavy (non-hydrogen) atoms. The summed E-state index contributed by atoms with van der Waals surface area (Å²) in [4.78, 5) is 26.5. The summed E-state index contributed by atoms with van der Waals surface area (Å²) in [6, 6.07) is 0. The van der Waals surface area contributed by atoms with Crippen LogP contribution in [0.25, 0.3) is 0 Å². The molecule has 0 heterocycles. The van der Waals surface area contributed by atoms with Gasteiger partial charge in [-0.05, 0) is 59.8 Å². The lowest BCUT2D eigenvalue weighted by atomic mass is 9.97. The van der Waals surface area contributed by atoms with Crippen molar-refractivity contribution in [2.24, 2.45) is 5.92 Å². The molecular formula is C17H32O7P2. The van der Waals surface area contributed by atoms with Crippen molar-refractivity contribution in [3.05, 3.63) is 34.9 Å². The van der Waals surface area contributed by atoms with E-state index in [1.807, 2.05) is 6.92 Å². The molecule has 0 aromatic carbocycles. The summed E-state index contributed by atoms with van der Waals surface area (Å²) in [6.45, 7) is 11.7. The van der Waals surface area contributed by atoms with Gasteiger partial charge in [-0.2, -0.15) is 4.31 Å². The van der Waals surface area contributed by atoms with Crippen LogP contribution in [0.2, 0.25) is 0 Å². The Morgan fingerprint density at radius 3 is 2.08 bits per heavy atom. The first-order chi connectivity index (χ1) is 11.7. The highest BCUT2D eigenvalue weighted by Gasteiger charge is 2.33. The molecule has 0 saturated heterocycles. The fourth-order valence-corrected chi connectivity index (χ4v) is 4.30. The maximum absolute atomic E-state index is 11.5. The predicted molar refractivity (Wildman–Crippen MR) is 103 cm³/mol.